The number of hydrogen-bond donors (Lipinski definition) is 1. The zero-order valence-electron chi connectivity index (χ0n) is 21.7. The molecule has 0 bridgehead atoms. The molecular weight excluding hydrogens is 412 g/mol. The summed E-state index contributed by atoms with van der Waals surface area (Å²) in [6.07, 6.45) is 17.5. The number of hydrogen-bond acceptors (Lipinski definition) is 4. The minimum Gasteiger partial charge on any atom is -0.438 e. The van der Waals surface area contributed by atoms with Crippen molar-refractivity contribution in [2.24, 2.45) is 34.5 Å². The first-order valence-corrected chi connectivity index (χ1v) is 14.1. The van der Waals surface area contributed by atoms with E-state index in [0.29, 0.717) is 23.7 Å². The van der Waals surface area contributed by atoms with E-state index in [4.69, 9.17) is 9.47 Å². The second kappa shape index (κ2) is 10.5. The minimum atomic E-state index is -0.570. The largest absolute Gasteiger partial charge is 0.508 e. The molecule has 4 heteroatoms. The van der Waals surface area contributed by atoms with Crippen molar-refractivity contribution in [3.8, 4) is 0 Å². The summed E-state index contributed by atoms with van der Waals surface area (Å²) in [6.45, 7) is 7.31. The third kappa shape index (κ3) is 4.84. The molecule has 1 N–H and O–H groups in total. The van der Waals surface area contributed by atoms with E-state index in [-0.39, 0.29) is 17.6 Å². The van der Waals surface area contributed by atoms with Gasteiger partial charge >= 0.3 is 6.16 Å². The zero-order valence-corrected chi connectivity index (χ0v) is 21.7. The Labute approximate surface area is 202 Å². The molecule has 1 radical (unpaired) electrons. The molecule has 0 spiro atoms. The Balaban J connectivity index is 1.47. The van der Waals surface area contributed by atoms with Gasteiger partial charge in [-0.25, -0.2) is 4.79 Å². The summed E-state index contributed by atoms with van der Waals surface area (Å²) in [5.74, 6) is 4.19. The maximum Gasteiger partial charge on any atom is 0.508 e. The van der Waals surface area contributed by atoms with Crippen molar-refractivity contribution in [1.29, 1.82) is 0 Å². The Hall–Kier alpha value is -0.770. The van der Waals surface area contributed by atoms with Crippen molar-refractivity contribution in [2.75, 3.05) is 7.11 Å². The standard InChI is InChI=1S/C29H49O4/c1-5-6-7-8-9-10-11-20-12-13-23-22-19-26(33-27(31)32-4)25-18-21(30)14-16-29(25,3)24(22)15-17-28(20,23)2/h20-24,26,30H,5-19H2,1-4H3/t20-,21-,22-,23-,24-,26+,28+,29+/m0/s1. The predicted molar refractivity (Wildman–Crippen MR) is 132 cm³/mol. The van der Waals surface area contributed by atoms with Crippen LogP contribution >= 0.6 is 0 Å². The number of aliphatic hydroxyl groups excluding tert-OH is 1. The van der Waals surface area contributed by atoms with Crippen LogP contribution in [0.25, 0.3) is 0 Å². The smallest absolute Gasteiger partial charge is 0.438 e. The highest BCUT2D eigenvalue weighted by atomic mass is 16.7. The summed E-state index contributed by atoms with van der Waals surface area (Å²) in [4.78, 5) is 12.1. The topological polar surface area (TPSA) is 55.8 Å². The fourth-order valence-corrected chi connectivity index (χ4v) is 8.97. The normalized spacial score (nSPS) is 42.8. The van der Waals surface area contributed by atoms with Gasteiger partial charge in [0.1, 0.15) is 6.10 Å². The Morgan fingerprint density at radius 3 is 2.52 bits per heavy atom. The molecule has 0 aliphatic heterocycles. The summed E-state index contributed by atoms with van der Waals surface area (Å²) in [5.41, 5.74) is 0.530. The number of aliphatic hydroxyl groups is 1. The van der Waals surface area contributed by atoms with Gasteiger partial charge in [-0.2, -0.15) is 0 Å². The first kappa shape index (κ1) is 25.3. The highest BCUT2D eigenvalue weighted by Crippen LogP contribution is 2.68. The molecule has 189 valence electrons. The molecule has 4 aliphatic carbocycles. The van der Waals surface area contributed by atoms with Crippen LogP contribution in [0.15, 0.2) is 0 Å². The quantitative estimate of drug-likeness (QED) is 0.301. The third-order valence-corrected chi connectivity index (χ3v) is 10.8. The van der Waals surface area contributed by atoms with Crippen LogP contribution in [0.3, 0.4) is 0 Å². The summed E-state index contributed by atoms with van der Waals surface area (Å²) >= 11 is 0. The number of carbonyl (C=O) groups is 1. The highest BCUT2D eigenvalue weighted by molar-refractivity contribution is 5.60. The lowest BCUT2D eigenvalue weighted by Crippen LogP contribution is -2.58. The molecule has 4 aliphatic rings. The van der Waals surface area contributed by atoms with Crippen LogP contribution in [0.5, 0.6) is 0 Å². The fourth-order valence-electron chi connectivity index (χ4n) is 8.97. The lowest BCUT2D eigenvalue weighted by molar-refractivity contribution is -0.118. The number of ether oxygens (including phenoxy) is 2. The number of carbonyl (C=O) groups excluding carboxylic acids is 1. The van der Waals surface area contributed by atoms with E-state index in [1.54, 1.807) is 0 Å². The van der Waals surface area contributed by atoms with Gasteiger partial charge in [0.15, 0.2) is 0 Å². The van der Waals surface area contributed by atoms with Crippen molar-refractivity contribution in [3.05, 3.63) is 5.92 Å². The zero-order chi connectivity index (χ0) is 23.6. The van der Waals surface area contributed by atoms with Crippen LogP contribution in [0.1, 0.15) is 117 Å². The number of rotatable bonds is 8. The Kier molecular flexibility index (Phi) is 8.03. The Morgan fingerprint density at radius 2 is 1.76 bits per heavy atom. The SMILES string of the molecule is CCCCCCCC[C@H]1CC[C@H]2[C@@H]3C[C@@H](OC(=O)OC)[C]4C[C@@H](O)CC[C@]4(C)[C@H]3CC[C@]12C. The Morgan fingerprint density at radius 1 is 1.00 bits per heavy atom. The molecule has 4 nitrogen and oxygen atoms in total. The average Bonchev–Trinajstić information content (AvgIpc) is 3.13. The lowest BCUT2D eigenvalue weighted by atomic mass is 9.44. The van der Waals surface area contributed by atoms with Crippen LogP contribution in [0.4, 0.5) is 4.79 Å². The molecule has 0 heterocycles. The number of methoxy groups -OCH3 is 1. The first-order valence-electron chi connectivity index (χ1n) is 14.1. The van der Waals surface area contributed by atoms with Gasteiger partial charge in [0, 0.05) is 5.92 Å². The van der Waals surface area contributed by atoms with Crippen LogP contribution in [-0.4, -0.2) is 30.6 Å². The van der Waals surface area contributed by atoms with Gasteiger partial charge in [-0.15, -0.1) is 0 Å². The molecule has 4 rings (SSSR count). The van der Waals surface area contributed by atoms with E-state index < -0.39 is 6.16 Å². The van der Waals surface area contributed by atoms with Gasteiger partial charge in [0.05, 0.1) is 13.2 Å². The van der Waals surface area contributed by atoms with E-state index in [0.717, 1.165) is 31.1 Å². The average molecular weight is 462 g/mol. The first-order chi connectivity index (χ1) is 15.8. The van der Waals surface area contributed by atoms with Gasteiger partial charge in [-0.3, -0.25) is 0 Å². The van der Waals surface area contributed by atoms with Gasteiger partial charge in [-0.05, 0) is 92.3 Å². The molecule has 8 atom stereocenters. The molecule has 4 saturated carbocycles. The maximum atomic E-state index is 12.1. The second-order valence-electron chi connectivity index (χ2n) is 12.4. The van der Waals surface area contributed by atoms with Crippen LogP contribution in [-0.2, 0) is 9.47 Å². The molecule has 0 aromatic heterocycles. The van der Waals surface area contributed by atoms with Gasteiger partial charge in [0.2, 0.25) is 0 Å². The van der Waals surface area contributed by atoms with Crippen molar-refractivity contribution in [1.82, 2.24) is 0 Å². The molecule has 0 unspecified atom stereocenters. The molecule has 33 heavy (non-hydrogen) atoms. The minimum absolute atomic E-state index is 0.0829. The molecule has 0 aromatic carbocycles. The van der Waals surface area contributed by atoms with Crippen LogP contribution in [0, 0.1) is 40.4 Å². The monoisotopic (exact) mass is 461 g/mol. The summed E-state index contributed by atoms with van der Waals surface area (Å²) < 4.78 is 10.8. The Bertz CT molecular complexity index is 664. The summed E-state index contributed by atoms with van der Waals surface area (Å²) in [6, 6.07) is 0. The third-order valence-electron chi connectivity index (χ3n) is 10.8. The second-order valence-corrected chi connectivity index (χ2v) is 12.4. The molecule has 4 fully saturated rings. The lowest BCUT2D eigenvalue weighted by Gasteiger charge is -2.62. The maximum absolute atomic E-state index is 12.1. The summed E-state index contributed by atoms with van der Waals surface area (Å²) in [7, 11) is 1.40. The molecular formula is C29H49O4. The van der Waals surface area contributed by atoms with E-state index in [2.05, 4.69) is 20.8 Å². The van der Waals surface area contributed by atoms with Gasteiger partial charge in [0.25, 0.3) is 0 Å². The van der Waals surface area contributed by atoms with Crippen molar-refractivity contribution in [2.45, 2.75) is 129 Å². The van der Waals surface area contributed by atoms with Crippen LogP contribution < -0.4 is 0 Å². The van der Waals surface area contributed by atoms with Crippen LogP contribution in [0.2, 0.25) is 0 Å². The molecule has 0 saturated heterocycles. The fraction of sp³-hybridized carbons (Fsp3) is 0.931. The van der Waals surface area contributed by atoms with Crippen molar-refractivity contribution >= 4 is 6.16 Å². The van der Waals surface area contributed by atoms with Gasteiger partial charge in [-0.1, -0.05) is 59.3 Å². The van der Waals surface area contributed by atoms with E-state index in [9.17, 15) is 9.90 Å². The van der Waals surface area contributed by atoms with Gasteiger partial charge < -0.3 is 14.6 Å². The molecule has 0 aromatic rings. The van der Waals surface area contributed by atoms with Crippen molar-refractivity contribution < 1.29 is 19.4 Å². The highest BCUT2D eigenvalue weighted by Gasteiger charge is 2.62. The van der Waals surface area contributed by atoms with Crippen molar-refractivity contribution in [3.63, 3.8) is 0 Å². The van der Waals surface area contributed by atoms with E-state index in [1.807, 2.05) is 0 Å². The van der Waals surface area contributed by atoms with E-state index in [1.165, 1.54) is 83.7 Å². The number of fused-ring (bicyclic) bond motifs is 5. The predicted octanol–water partition coefficient (Wildman–Crippen LogP) is 7.48. The number of unbranched alkanes of at least 4 members (excludes halogenated alkanes) is 5. The van der Waals surface area contributed by atoms with E-state index >= 15 is 0 Å². The molecule has 0 amide bonds. The summed E-state index contributed by atoms with van der Waals surface area (Å²) in [5, 5.41) is 10.5.